The Morgan fingerprint density at radius 2 is 1.72 bits per heavy atom. The Labute approximate surface area is 174 Å². The number of carbonyl (C=O) groups is 2. The lowest BCUT2D eigenvalue weighted by Gasteiger charge is -2.21. The van der Waals surface area contributed by atoms with Gasteiger partial charge in [0.25, 0.3) is 5.91 Å². The number of anilines is 1. The molecule has 4 nitrogen and oxygen atoms in total. The van der Waals surface area contributed by atoms with Crippen LogP contribution in [0.1, 0.15) is 33.9 Å². The summed E-state index contributed by atoms with van der Waals surface area (Å²) in [6.07, 6.45) is 1.68. The van der Waals surface area contributed by atoms with Crippen LogP contribution in [0.15, 0.2) is 83.8 Å². The summed E-state index contributed by atoms with van der Waals surface area (Å²) in [7, 11) is 0. The Hall–Kier alpha value is -3.05. The van der Waals surface area contributed by atoms with E-state index in [1.165, 1.54) is 17.3 Å². The van der Waals surface area contributed by atoms with E-state index in [0.29, 0.717) is 17.0 Å². The molecule has 1 aliphatic heterocycles. The van der Waals surface area contributed by atoms with Gasteiger partial charge in [0.2, 0.25) is 5.91 Å². The third-order valence-corrected chi connectivity index (χ3v) is 6.02. The van der Waals surface area contributed by atoms with Crippen LogP contribution in [0.2, 0.25) is 0 Å². The summed E-state index contributed by atoms with van der Waals surface area (Å²) < 4.78 is 0. The maximum absolute atomic E-state index is 13.0. The summed E-state index contributed by atoms with van der Waals surface area (Å²) in [5.41, 5.74) is 3.58. The largest absolute Gasteiger partial charge is 0.345 e. The number of aryl methyl sites for hydroxylation is 1. The predicted molar refractivity (Wildman–Crippen MR) is 117 cm³/mol. The van der Waals surface area contributed by atoms with Crippen LogP contribution in [-0.2, 0) is 11.2 Å². The molecular formula is C24H22N2O2S. The topological polar surface area (TPSA) is 58.2 Å². The van der Waals surface area contributed by atoms with E-state index < -0.39 is 0 Å². The van der Waals surface area contributed by atoms with E-state index in [1.54, 1.807) is 6.07 Å². The van der Waals surface area contributed by atoms with Gasteiger partial charge in [0, 0.05) is 10.5 Å². The molecule has 5 heteroatoms. The second kappa shape index (κ2) is 8.97. The molecule has 0 saturated carbocycles. The molecule has 2 amide bonds. The van der Waals surface area contributed by atoms with Gasteiger partial charge in [0.15, 0.2) is 0 Å². The van der Waals surface area contributed by atoms with Gasteiger partial charge in [-0.2, -0.15) is 0 Å². The molecule has 146 valence electrons. The van der Waals surface area contributed by atoms with E-state index in [9.17, 15) is 9.59 Å². The van der Waals surface area contributed by atoms with E-state index in [-0.39, 0.29) is 17.9 Å². The molecule has 29 heavy (non-hydrogen) atoms. The van der Waals surface area contributed by atoms with Gasteiger partial charge < -0.3 is 10.6 Å². The van der Waals surface area contributed by atoms with Gasteiger partial charge in [-0.05, 0) is 42.2 Å². The number of nitrogens with one attached hydrogen (secondary N) is 2. The molecule has 0 fully saturated rings. The fourth-order valence-electron chi connectivity index (χ4n) is 3.43. The molecule has 3 aromatic rings. The van der Waals surface area contributed by atoms with Crippen molar-refractivity contribution < 1.29 is 9.59 Å². The van der Waals surface area contributed by atoms with Gasteiger partial charge in [0.1, 0.15) is 0 Å². The predicted octanol–water partition coefficient (Wildman–Crippen LogP) is 4.83. The van der Waals surface area contributed by atoms with Gasteiger partial charge in [-0.3, -0.25) is 9.59 Å². The Morgan fingerprint density at radius 3 is 2.48 bits per heavy atom. The number of thioether (sulfide) groups is 1. The first-order chi connectivity index (χ1) is 14.2. The van der Waals surface area contributed by atoms with Crippen molar-refractivity contribution in [2.24, 2.45) is 0 Å². The van der Waals surface area contributed by atoms with E-state index in [4.69, 9.17) is 0 Å². The number of carbonyl (C=O) groups excluding carboxylic acids is 2. The first-order valence-corrected chi connectivity index (χ1v) is 10.6. The molecule has 0 aromatic heterocycles. The van der Waals surface area contributed by atoms with Gasteiger partial charge in [-0.25, -0.2) is 0 Å². The molecule has 1 heterocycles. The molecule has 0 bridgehead atoms. The third-order valence-electron chi connectivity index (χ3n) is 4.95. The zero-order valence-electron chi connectivity index (χ0n) is 15.9. The van der Waals surface area contributed by atoms with Crippen LogP contribution in [0, 0.1) is 0 Å². The van der Waals surface area contributed by atoms with Crippen LogP contribution in [0.25, 0.3) is 0 Å². The average molecular weight is 403 g/mol. The maximum Gasteiger partial charge on any atom is 0.251 e. The molecule has 1 unspecified atom stereocenters. The quantitative estimate of drug-likeness (QED) is 0.621. The number of amides is 2. The van der Waals surface area contributed by atoms with Crippen molar-refractivity contribution in [3.63, 3.8) is 0 Å². The second-order valence-corrected chi connectivity index (χ2v) is 8.03. The molecule has 0 spiro atoms. The van der Waals surface area contributed by atoms with Crippen molar-refractivity contribution in [3.8, 4) is 0 Å². The van der Waals surface area contributed by atoms with E-state index in [0.717, 1.165) is 23.3 Å². The highest BCUT2D eigenvalue weighted by atomic mass is 32.2. The van der Waals surface area contributed by atoms with Crippen molar-refractivity contribution in [3.05, 3.63) is 95.6 Å². The number of fused-ring (bicyclic) bond motifs is 1. The molecule has 0 radical (unpaired) electrons. The first-order valence-electron chi connectivity index (χ1n) is 9.65. The molecule has 4 rings (SSSR count). The maximum atomic E-state index is 13.0. The standard InChI is InChI=1S/C24H22N2O2S/c27-23-16-29-22-14-12-19(15-21(22)25-23)24(28)26-20(18-9-5-2-6-10-18)13-11-17-7-3-1-4-8-17/h1-10,12,14-15,20H,11,13,16H2,(H,25,27)(H,26,28). The third kappa shape index (κ3) is 4.87. The summed E-state index contributed by atoms with van der Waals surface area (Å²) >= 11 is 1.49. The molecule has 0 aliphatic carbocycles. The highest BCUT2D eigenvalue weighted by Gasteiger charge is 2.20. The Morgan fingerprint density at radius 1 is 1.00 bits per heavy atom. The average Bonchev–Trinajstić information content (AvgIpc) is 2.77. The lowest BCUT2D eigenvalue weighted by molar-refractivity contribution is -0.113. The van der Waals surface area contributed by atoms with Crippen molar-refractivity contribution in [2.45, 2.75) is 23.8 Å². The summed E-state index contributed by atoms with van der Waals surface area (Å²) in [6, 6.07) is 25.7. The Kier molecular flexibility index (Phi) is 5.96. The minimum atomic E-state index is -0.139. The van der Waals surface area contributed by atoms with E-state index >= 15 is 0 Å². The number of benzene rings is 3. The zero-order valence-corrected chi connectivity index (χ0v) is 16.7. The van der Waals surface area contributed by atoms with Crippen molar-refractivity contribution >= 4 is 29.3 Å². The van der Waals surface area contributed by atoms with Gasteiger partial charge >= 0.3 is 0 Å². The number of hydrogen-bond acceptors (Lipinski definition) is 3. The lowest BCUT2D eigenvalue weighted by Crippen LogP contribution is -2.29. The minimum absolute atomic E-state index is 0.0370. The normalized spacial score (nSPS) is 13.9. The second-order valence-electron chi connectivity index (χ2n) is 7.01. The van der Waals surface area contributed by atoms with Crippen LogP contribution in [0.3, 0.4) is 0 Å². The first kappa shape index (κ1) is 19.3. The molecule has 0 saturated heterocycles. The van der Waals surface area contributed by atoms with Crippen molar-refractivity contribution in [2.75, 3.05) is 11.1 Å². The highest BCUT2D eigenvalue weighted by Crippen LogP contribution is 2.32. The molecule has 1 aliphatic rings. The fourth-order valence-corrected chi connectivity index (χ4v) is 4.22. The van der Waals surface area contributed by atoms with Gasteiger partial charge in [-0.1, -0.05) is 60.7 Å². The van der Waals surface area contributed by atoms with Crippen LogP contribution < -0.4 is 10.6 Å². The summed E-state index contributed by atoms with van der Waals surface area (Å²) in [5.74, 6) is 0.235. The lowest BCUT2D eigenvalue weighted by atomic mass is 9.98. The van der Waals surface area contributed by atoms with E-state index in [1.807, 2.05) is 60.7 Å². The number of hydrogen-bond donors (Lipinski definition) is 2. The summed E-state index contributed by atoms with van der Waals surface area (Å²) in [5, 5.41) is 6.03. The summed E-state index contributed by atoms with van der Waals surface area (Å²) in [6.45, 7) is 0. The van der Waals surface area contributed by atoms with Crippen LogP contribution in [0.4, 0.5) is 5.69 Å². The molecule has 3 aromatic carbocycles. The van der Waals surface area contributed by atoms with Crippen LogP contribution in [-0.4, -0.2) is 17.6 Å². The molecule has 2 N–H and O–H groups in total. The Bertz CT molecular complexity index is 1010. The monoisotopic (exact) mass is 402 g/mol. The smallest absolute Gasteiger partial charge is 0.251 e. The van der Waals surface area contributed by atoms with Crippen LogP contribution in [0.5, 0.6) is 0 Å². The number of rotatable bonds is 6. The fraction of sp³-hybridized carbons (Fsp3) is 0.167. The minimum Gasteiger partial charge on any atom is -0.345 e. The SMILES string of the molecule is O=C1CSc2ccc(C(=O)NC(CCc3ccccc3)c3ccccc3)cc2N1. The highest BCUT2D eigenvalue weighted by molar-refractivity contribution is 8.00. The van der Waals surface area contributed by atoms with Crippen molar-refractivity contribution in [1.82, 2.24) is 5.32 Å². The van der Waals surface area contributed by atoms with E-state index in [2.05, 4.69) is 22.8 Å². The van der Waals surface area contributed by atoms with Gasteiger partial charge in [0.05, 0.1) is 17.5 Å². The van der Waals surface area contributed by atoms with Gasteiger partial charge in [-0.15, -0.1) is 11.8 Å². The van der Waals surface area contributed by atoms with Crippen molar-refractivity contribution in [1.29, 1.82) is 0 Å². The molecular weight excluding hydrogens is 380 g/mol. The Balaban J connectivity index is 1.51. The molecule has 1 atom stereocenters. The van der Waals surface area contributed by atoms with Crippen LogP contribution >= 0.6 is 11.8 Å². The summed E-state index contributed by atoms with van der Waals surface area (Å²) in [4.78, 5) is 25.6. The zero-order chi connectivity index (χ0) is 20.1.